The third kappa shape index (κ3) is 1.67. The van der Waals surface area contributed by atoms with Crippen LogP contribution in [0.15, 0.2) is 18.2 Å². The van der Waals surface area contributed by atoms with E-state index in [1.54, 1.807) is 0 Å². The summed E-state index contributed by atoms with van der Waals surface area (Å²) in [6.45, 7) is 2.92. The summed E-state index contributed by atoms with van der Waals surface area (Å²) < 4.78 is 13.3. The molecular weight excluding hydrogens is 177 g/mol. The Balaban J connectivity index is 2.15. The minimum Gasteiger partial charge on any atom is -0.319 e. The van der Waals surface area contributed by atoms with Crippen LogP contribution < -0.4 is 5.32 Å². The Morgan fingerprint density at radius 3 is 3.00 bits per heavy atom. The molecule has 2 heteroatoms. The molecule has 1 N–H and O–H groups in total. The topological polar surface area (TPSA) is 12.0 Å². The molecular formula is C12H16FN. The molecule has 1 aromatic rings. The molecule has 0 aliphatic heterocycles. The highest BCUT2D eigenvalue weighted by atomic mass is 19.1. The number of hydrogen-bond acceptors (Lipinski definition) is 1. The van der Waals surface area contributed by atoms with Crippen molar-refractivity contribution >= 4 is 0 Å². The summed E-state index contributed by atoms with van der Waals surface area (Å²) in [7, 11) is 1.97. The van der Waals surface area contributed by atoms with Crippen LogP contribution in [0.2, 0.25) is 0 Å². The van der Waals surface area contributed by atoms with E-state index in [2.05, 4.69) is 11.4 Å². The van der Waals surface area contributed by atoms with E-state index in [9.17, 15) is 4.39 Å². The van der Waals surface area contributed by atoms with Crippen molar-refractivity contribution in [3.05, 3.63) is 35.1 Å². The Bertz CT molecular complexity index is 335. The van der Waals surface area contributed by atoms with E-state index in [4.69, 9.17) is 0 Å². The molecule has 0 spiro atoms. The van der Waals surface area contributed by atoms with Gasteiger partial charge < -0.3 is 5.32 Å². The van der Waals surface area contributed by atoms with Crippen LogP contribution in [-0.4, -0.2) is 13.6 Å². The van der Waals surface area contributed by atoms with Gasteiger partial charge in [0, 0.05) is 0 Å². The van der Waals surface area contributed by atoms with E-state index in [1.807, 2.05) is 20.0 Å². The summed E-state index contributed by atoms with van der Waals surface area (Å²) in [5.74, 6) is 1.22. The quantitative estimate of drug-likeness (QED) is 0.777. The SMILES string of the molecule is CNCC1CC1c1cccc(F)c1C. The van der Waals surface area contributed by atoms with Gasteiger partial charge >= 0.3 is 0 Å². The second-order valence-electron chi connectivity index (χ2n) is 4.11. The van der Waals surface area contributed by atoms with Gasteiger partial charge in [-0.1, -0.05) is 12.1 Å². The fraction of sp³-hybridized carbons (Fsp3) is 0.500. The fourth-order valence-electron chi connectivity index (χ4n) is 2.14. The fourth-order valence-corrected chi connectivity index (χ4v) is 2.14. The van der Waals surface area contributed by atoms with E-state index in [-0.39, 0.29) is 5.82 Å². The Morgan fingerprint density at radius 1 is 1.50 bits per heavy atom. The lowest BCUT2D eigenvalue weighted by Crippen LogP contribution is -2.10. The van der Waals surface area contributed by atoms with Crippen LogP contribution in [-0.2, 0) is 0 Å². The van der Waals surface area contributed by atoms with Gasteiger partial charge in [0.1, 0.15) is 5.82 Å². The molecule has 76 valence electrons. The van der Waals surface area contributed by atoms with Gasteiger partial charge in [-0.15, -0.1) is 0 Å². The number of rotatable bonds is 3. The third-order valence-corrected chi connectivity index (χ3v) is 3.10. The van der Waals surface area contributed by atoms with Crippen molar-refractivity contribution in [2.75, 3.05) is 13.6 Å². The van der Waals surface area contributed by atoms with Crippen molar-refractivity contribution in [2.24, 2.45) is 5.92 Å². The molecule has 0 bridgehead atoms. The molecule has 2 unspecified atom stereocenters. The zero-order valence-corrected chi connectivity index (χ0v) is 8.68. The molecule has 14 heavy (non-hydrogen) atoms. The minimum absolute atomic E-state index is 0.0717. The monoisotopic (exact) mass is 193 g/mol. The smallest absolute Gasteiger partial charge is 0.126 e. The Hall–Kier alpha value is -0.890. The van der Waals surface area contributed by atoms with Gasteiger partial charge in [-0.25, -0.2) is 4.39 Å². The van der Waals surface area contributed by atoms with Crippen molar-refractivity contribution in [1.29, 1.82) is 0 Å². The summed E-state index contributed by atoms with van der Waals surface area (Å²) in [4.78, 5) is 0. The van der Waals surface area contributed by atoms with Gasteiger partial charge in [0.2, 0.25) is 0 Å². The molecule has 2 rings (SSSR count). The van der Waals surface area contributed by atoms with Crippen LogP contribution in [0.4, 0.5) is 4.39 Å². The van der Waals surface area contributed by atoms with E-state index >= 15 is 0 Å². The molecule has 0 saturated heterocycles. The highest BCUT2D eigenvalue weighted by Crippen LogP contribution is 2.48. The third-order valence-electron chi connectivity index (χ3n) is 3.10. The van der Waals surface area contributed by atoms with E-state index in [0.29, 0.717) is 11.8 Å². The van der Waals surface area contributed by atoms with Gasteiger partial charge in [0.05, 0.1) is 0 Å². The summed E-state index contributed by atoms with van der Waals surface area (Å²) in [6, 6.07) is 5.40. The van der Waals surface area contributed by atoms with E-state index in [1.165, 1.54) is 18.1 Å². The maximum Gasteiger partial charge on any atom is 0.126 e. The highest BCUT2D eigenvalue weighted by molar-refractivity contribution is 5.34. The summed E-state index contributed by atoms with van der Waals surface area (Å²) in [5.41, 5.74) is 2.03. The van der Waals surface area contributed by atoms with Crippen LogP contribution in [0.5, 0.6) is 0 Å². The number of nitrogens with one attached hydrogen (secondary N) is 1. The molecule has 0 amide bonds. The second-order valence-corrected chi connectivity index (χ2v) is 4.11. The molecule has 0 aromatic heterocycles. The molecule has 0 radical (unpaired) electrons. The predicted octanol–water partition coefficient (Wildman–Crippen LogP) is 2.46. The molecule has 1 fully saturated rings. The summed E-state index contributed by atoms with van der Waals surface area (Å²) in [5, 5.41) is 3.17. The first-order valence-electron chi connectivity index (χ1n) is 5.13. The molecule has 1 nitrogen and oxygen atoms in total. The zero-order chi connectivity index (χ0) is 10.1. The normalized spacial score (nSPS) is 25.1. The second kappa shape index (κ2) is 3.70. The van der Waals surface area contributed by atoms with Crippen molar-refractivity contribution < 1.29 is 4.39 Å². The lowest BCUT2D eigenvalue weighted by molar-refractivity contribution is 0.613. The first kappa shape index (κ1) is 9.66. The Morgan fingerprint density at radius 2 is 2.29 bits per heavy atom. The first-order chi connectivity index (χ1) is 6.74. The van der Waals surface area contributed by atoms with Gasteiger partial charge in [-0.2, -0.15) is 0 Å². The van der Waals surface area contributed by atoms with E-state index < -0.39 is 0 Å². The standard InChI is InChI=1S/C12H16FN/c1-8-10(4-3-5-12(8)13)11-6-9(11)7-14-2/h3-5,9,11,14H,6-7H2,1-2H3. The van der Waals surface area contributed by atoms with Crippen LogP contribution in [0.25, 0.3) is 0 Å². The maximum atomic E-state index is 13.3. The van der Waals surface area contributed by atoms with Crippen LogP contribution in [0.1, 0.15) is 23.5 Å². The van der Waals surface area contributed by atoms with Crippen LogP contribution in [0.3, 0.4) is 0 Å². The van der Waals surface area contributed by atoms with Gasteiger partial charge in [0.25, 0.3) is 0 Å². The van der Waals surface area contributed by atoms with Gasteiger partial charge in [-0.05, 0) is 56.0 Å². The number of hydrogen-bond donors (Lipinski definition) is 1. The average Bonchev–Trinajstić information content (AvgIpc) is 2.90. The lowest BCUT2D eigenvalue weighted by atomic mass is 10.0. The van der Waals surface area contributed by atoms with Crippen molar-refractivity contribution in [3.8, 4) is 0 Å². The summed E-state index contributed by atoms with van der Waals surface area (Å²) in [6.07, 6.45) is 1.20. The molecule has 1 aromatic carbocycles. The molecule has 1 aliphatic carbocycles. The molecule has 2 atom stereocenters. The van der Waals surface area contributed by atoms with Gasteiger partial charge in [0.15, 0.2) is 0 Å². The zero-order valence-electron chi connectivity index (χ0n) is 8.68. The average molecular weight is 193 g/mol. The minimum atomic E-state index is -0.0717. The highest BCUT2D eigenvalue weighted by Gasteiger charge is 2.38. The van der Waals surface area contributed by atoms with Crippen LogP contribution >= 0.6 is 0 Å². The molecule has 1 saturated carbocycles. The predicted molar refractivity (Wildman–Crippen MR) is 55.9 cm³/mol. The van der Waals surface area contributed by atoms with Crippen LogP contribution in [0, 0.1) is 18.7 Å². The van der Waals surface area contributed by atoms with Crippen molar-refractivity contribution in [1.82, 2.24) is 5.32 Å². The maximum absolute atomic E-state index is 13.3. The largest absolute Gasteiger partial charge is 0.319 e. The Kier molecular flexibility index (Phi) is 2.55. The summed E-state index contributed by atoms with van der Waals surface area (Å²) >= 11 is 0. The Labute approximate surface area is 84.3 Å². The van der Waals surface area contributed by atoms with Crippen molar-refractivity contribution in [2.45, 2.75) is 19.3 Å². The molecule has 0 heterocycles. The number of benzene rings is 1. The number of halogens is 1. The van der Waals surface area contributed by atoms with E-state index in [0.717, 1.165) is 12.1 Å². The molecule has 1 aliphatic rings. The first-order valence-corrected chi connectivity index (χ1v) is 5.13. The van der Waals surface area contributed by atoms with Crippen molar-refractivity contribution in [3.63, 3.8) is 0 Å². The lowest BCUT2D eigenvalue weighted by Gasteiger charge is -2.05. The van der Waals surface area contributed by atoms with Gasteiger partial charge in [-0.3, -0.25) is 0 Å².